The Balaban J connectivity index is 1.67. The Morgan fingerprint density at radius 3 is 2.03 bits per heavy atom. The van der Waals surface area contributed by atoms with Crippen LogP contribution in [0.5, 0.6) is 0 Å². The van der Waals surface area contributed by atoms with E-state index in [1.807, 2.05) is 0 Å². The van der Waals surface area contributed by atoms with Gasteiger partial charge in [0.05, 0.1) is 0 Å². The van der Waals surface area contributed by atoms with E-state index in [1.54, 1.807) is 7.05 Å². The second kappa shape index (κ2) is 8.19. The first kappa shape index (κ1) is 23.1. The molecular formula is C19H21F6IN2O2. The van der Waals surface area contributed by atoms with Gasteiger partial charge in [-0.2, -0.15) is 0 Å². The summed E-state index contributed by atoms with van der Waals surface area (Å²) in [4.78, 5) is 24.0. The number of carbonyl (C=O) groups is 2. The van der Waals surface area contributed by atoms with E-state index >= 15 is 0 Å². The van der Waals surface area contributed by atoms with Crippen molar-refractivity contribution in [3.63, 3.8) is 0 Å². The molecule has 0 unspecified atom stereocenters. The molecule has 1 atom stereocenters. The zero-order chi connectivity index (χ0) is 22.3. The van der Waals surface area contributed by atoms with E-state index in [4.69, 9.17) is 0 Å². The quantitative estimate of drug-likeness (QED) is 0.335. The van der Waals surface area contributed by atoms with Crippen LogP contribution in [0.1, 0.15) is 40.7 Å². The van der Waals surface area contributed by atoms with Gasteiger partial charge in [0.25, 0.3) is 0 Å². The van der Waals surface area contributed by atoms with Crippen LogP contribution in [0.15, 0.2) is 18.2 Å². The standard InChI is InChI=1S/C19H21F6IN2O2/c1-27-15(29)10-26-4-2-17(3-5-26)9-14(17)28-16(30)11-6-12(18(20,21)22)8-13(7-11)19(23,24)25/h6-8,14H,2-5,9-10H2,1H3,(H,27,29)(H,28,30)/t14-/m0/s1. The van der Waals surface area contributed by atoms with E-state index in [0.29, 0.717) is 23.0 Å². The van der Waals surface area contributed by atoms with Gasteiger partial charge in [0.15, 0.2) is 0 Å². The normalized spacial score (nSPS) is 22.0. The fraction of sp³-hybridized carbons (Fsp3) is 0.579. The molecule has 1 aliphatic carbocycles. The summed E-state index contributed by atoms with van der Waals surface area (Å²) in [6.07, 6.45) is -7.67. The van der Waals surface area contributed by atoms with Gasteiger partial charge in [0.2, 0.25) is 0 Å². The number of alkyl halides is 9. The van der Waals surface area contributed by atoms with Crippen LogP contribution in [-0.4, -0.2) is 38.2 Å². The number of hydrogen-bond donors (Lipinski definition) is 2. The third-order valence-electron chi connectivity index (χ3n) is 5.65. The molecule has 1 heterocycles. The molecule has 2 fully saturated rings. The summed E-state index contributed by atoms with van der Waals surface area (Å²) in [5.74, 6) is -0.901. The summed E-state index contributed by atoms with van der Waals surface area (Å²) in [6.45, 7) is 0. The number of hydrogen-bond acceptors (Lipinski definition) is 2. The van der Waals surface area contributed by atoms with Gasteiger partial charge in [0.1, 0.15) is 0 Å². The van der Waals surface area contributed by atoms with E-state index in [9.17, 15) is 35.9 Å². The average Bonchev–Trinajstić information content (AvgIpc) is 3.33. The Morgan fingerprint density at radius 1 is 1.03 bits per heavy atom. The monoisotopic (exact) mass is 550 g/mol. The predicted molar refractivity (Wildman–Crippen MR) is 107 cm³/mol. The number of carbonyl (C=O) groups excluding carboxylic acids is 2. The molecule has 2 amide bonds. The van der Waals surface area contributed by atoms with Crippen LogP contribution in [0.2, 0.25) is 0 Å². The van der Waals surface area contributed by atoms with Crippen molar-refractivity contribution in [2.75, 3.05) is 20.3 Å². The Labute approximate surface area is 176 Å². The van der Waals surface area contributed by atoms with Crippen LogP contribution in [0.3, 0.4) is 0 Å². The van der Waals surface area contributed by atoms with Crippen molar-refractivity contribution in [1.82, 2.24) is 10.6 Å². The molecular weight excluding hydrogens is 529 g/mol. The fourth-order valence-electron chi connectivity index (χ4n) is 3.67. The van der Waals surface area contributed by atoms with Crippen molar-refractivity contribution in [2.45, 2.75) is 37.7 Å². The summed E-state index contributed by atoms with van der Waals surface area (Å²) < 4.78 is 80.4. The van der Waals surface area contributed by atoms with Crippen molar-refractivity contribution in [1.29, 1.82) is 0 Å². The number of rotatable bonds is 4. The molecule has 2 aliphatic rings. The van der Waals surface area contributed by atoms with Gasteiger partial charge in [-0.3, -0.25) is 0 Å². The molecule has 1 saturated carbocycles. The molecule has 3 rings (SSSR count). The predicted octanol–water partition coefficient (Wildman–Crippen LogP) is 4.26. The van der Waals surface area contributed by atoms with E-state index in [-0.39, 0.29) is 23.4 Å². The van der Waals surface area contributed by atoms with Crippen LogP contribution in [-0.2, 0) is 17.1 Å². The van der Waals surface area contributed by atoms with Crippen molar-refractivity contribution < 1.29 is 35.9 Å². The molecule has 11 heteroatoms. The average molecular weight is 550 g/mol. The van der Waals surface area contributed by atoms with Crippen molar-refractivity contribution in [3.8, 4) is 0 Å². The van der Waals surface area contributed by atoms with E-state index in [1.165, 1.54) is 0 Å². The summed E-state index contributed by atoms with van der Waals surface area (Å²) in [7, 11) is 1.59. The van der Waals surface area contributed by atoms with Gasteiger partial charge in [-0.1, -0.05) is 0 Å². The first-order valence-corrected chi connectivity index (χ1v) is 13.8. The molecule has 2 N–H and O–H groups in total. The molecule has 30 heavy (non-hydrogen) atoms. The summed E-state index contributed by atoms with van der Waals surface area (Å²) in [5.41, 5.74) is -3.80. The second-order valence-corrected chi connectivity index (χ2v) is 13.8. The zero-order valence-corrected chi connectivity index (χ0v) is 18.2. The number of benzene rings is 1. The first-order valence-electron chi connectivity index (χ1n) is 9.23. The van der Waals surface area contributed by atoms with Crippen LogP contribution in [0.25, 0.3) is 0 Å². The van der Waals surface area contributed by atoms with Crippen molar-refractivity contribution in [2.24, 2.45) is 5.41 Å². The van der Waals surface area contributed by atoms with Gasteiger partial charge in [-0.15, -0.1) is 0 Å². The van der Waals surface area contributed by atoms with Crippen LogP contribution >= 0.6 is 19.8 Å². The molecule has 1 aliphatic heterocycles. The molecule has 1 aromatic carbocycles. The van der Waals surface area contributed by atoms with Crippen molar-refractivity contribution in [3.05, 3.63) is 34.9 Å². The first-order chi connectivity index (χ1) is 13.8. The third kappa shape index (κ3) is 5.20. The molecule has 1 spiro atoms. The molecule has 4 nitrogen and oxygen atoms in total. The van der Waals surface area contributed by atoms with E-state index in [0.717, 1.165) is 21.7 Å². The Morgan fingerprint density at radius 2 is 1.57 bits per heavy atom. The minimum absolute atomic E-state index is 0.00828. The van der Waals surface area contributed by atoms with Gasteiger partial charge in [-0.05, 0) is 0 Å². The van der Waals surface area contributed by atoms with Gasteiger partial charge >= 0.3 is 176 Å². The SMILES string of the molecule is CNC(=O)CI1CCC2(CC1)C[C@@H]2NC(=O)c1cc(C(F)(F)F)cc(C(F)(F)F)c1. The molecule has 0 aromatic heterocycles. The van der Waals surface area contributed by atoms with Crippen molar-refractivity contribution >= 4 is 31.6 Å². The van der Waals surface area contributed by atoms with E-state index in [2.05, 4.69) is 10.6 Å². The van der Waals surface area contributed by atoms with Gasteiger partial charge in [0, 0.05) is 0 Å². The van der Waals surface area contributed by atoms with Crippen LogP contribution < -0.4 is 10.6 Å². The topological polar surface area (TPSA) is 58.2 Å². The fourth-order valence-corrected chi connectivity index (χ4v) is 10.0. The molecule has 0 radical (unpaired) electrons. The summed E-state index contributed by atoms with van der Waals surface area (Å²) in [5, 5.41) is 5.23. The number of halogens is 7. The van der Waals surface area contributed by atoms with Gasteiger partial charge in [-0.25, -0.2) is 0 Å². The zero-order valence-electron chi connectivity index (χ0n) is 16.0. The van der Waals surface area contributed by atoms with Crippen LogP contribution in [0.4, 0.5) is 26.3 Å². The summed E-state index contributed by atoms with van der Waals surface area (Å²) >= 11 is -1.38. The molecule has 1 saturated heterocycles. The van der Waals surface area contributed by atoms with Gasteiger partial charge < -0.3 is 0 Å². The molecule has 168 valence electrons. The number of nitrogens with one attached hydrogen (secondary N) is 2. The Kier molecular flexibility index (Phi) is 6.32. The molecule has 0 bridgehead atoms. The van der Waals surface area contributed by atoms with Crippen LogP contribution in [0, 0.1) is 5.41 Å². The summed E-state index contributed by atoms with van der Waals surface area (Å²) in [6, 6.07) is 0.655. The third-order valence-corrected chi connectivity index (χ3v) is 11.6. The minimum atomic E-state index is -4.99. The Bertz CT molecular complexity index is 799. The van der Waals surface area contributed by atoms with E-state index < -0.39 is 54.8 Å². The Hall–Kier alpha value is -1.53. The molecule has 1 aromatic rings. The second-order valence-electron chi connectivity index (χ2n) is 7.64. The maximum absolute atomic E-state index is 13.0. The number of amides is 2. The maximum atomic E-state index is 13.0.